The summed E-state index contributed by atoms with van der Waals surface area (Å²) in [5, 5.41) is 4.57. The lowest BCUT2D eigenvalue weighted by Gasteiger charge is -2.30. The van der Waals surface area contributed by atoms with Crippen molar-refractivity contribution in [3.63, 3.8) is 0 Å². The van der Waals surface area contributed by atoms with E-state index in [9.17, 15) is 24.0 Å². The zero-order valence-corrected chi connectivity index (χ0v) is 28.1. The molecule has 3 amide bonds. The molecule has 3 atom stereocenters. The van der Waals surface area contributed by atoms with Gasteiger partial charge in [0, 0.05) is 21.0 Å². The highest BCUT2D eigenvalue weighted by Crippen LogP contribution is 2.54. The molecule has 1 saturated heterocycles. The van der Waals surface area contributed by atoms with Crippen LogP contribution in [0.4, 0.5) is 11.4 Å². The molecular formula is C35H26BrN3O6S2. The number of halogens is 1. The Morgan fingerprint density at radius 3 is 2.40 bits per heavy atom. The Labute approximate surface area is 285 Å². The summed E-state index contributed by atoms with van der Waals surface area (Å²) in [7, 11) is 0. The topological polar surface area (TPSA) is 115 Å². The SMILES string of the molecule is CCOC(=O)c1ccc(N2C(=O)C3Sc4c(sc(=O)n4CC(=O)Nc4ccc5ccccc5c4)C(c4cccc(Br)c4)C3C2=O)cc1. The molecule has 3 heterocycles. The number of carbonyl (C=O) groups excluding carboxylic acids is 4. The second-order valence-electron chi connectivity index (χ2n) is 11.1. The molecule has 7 rings (SSSR count). The van der Waals surface area contributed by atoms with E-state index in [1.807, 2.05) is 66.7 Å². The first-order valence-electron chi connectivity index (χ1n) is 14.8. The first kappa shape index (κ1) is 31.1. The van der Waals surface area contributed by atoms with E-state index in [1.165, 1.54) is 16.7 Å². The summed E-state index contributed by atoms with van der Waals surface area (Å²) in [4.78, 5) is 68.6. The monoisotopic (exact) mass is 727 g/mol. The van der Waals surface area contributed by atoms with Crippen LogP contribution in [0.3, 0.4) is 0 Å². The van der Waals surface area contributed by atoms with Crippen molar-refractivity contribution >= 4 is 84.9 Å². The van der Waals surface area contributed by atoms with Gasteiger partial charge in [0.2, 0.25) is 17.7 Å². The first-order valence-corrected chi connectivity index (χ1v) is 17.3. The van der Waals surface area contributed by atoms with Crippen molar-refractivity contribution in [1.29, 1.82) is 0 Å². The molecule has 9 nitrogen and oxygen atoms in total. The van der Waals surface area contributed by atoms with E-state index in [1.54, 1.807) is 19.1 Å². The molecule has 0 aliphatic carbocycles. The Bertz CT molecular complexity index is 2140. The van der Waals surface area contributed by atoms with Crippen molar-refractivity contribution in [3.8, 4) is 0 Å². The Kier molecular flexibility index (Phi) is 8.33. The Hall–Kier alpha value is -4.52. The lowest BCUT2D eigenvalue weighted by Crippen LogP contribution is -2.33. The van der Waals surface area contributed by atoms with Crippen LogP contribution in [0.25, 0.3) is 10.8 Å². The van der Waals surface area contributed by atoms with Crippen molar-refractivity contribution in [2.45, 2.75) is 29.7 Å². The average Bonchev–Trinajstić information content (AvgIpc) is 3.50. The maximum absolute atomic E-state index is 14.2. The van der Waals surface area contributed by atoms with Gasteiger partial charge in [0.05, 0.1) is 28.8 Å². The van der Waals surface area contributed by atoms with Crippen LogP contribution in [-0.2, 0) is 25.7 Å². The van der Waals surface area contributed by atoms with Gasteiger partial charge in [0.1, 0.15) is 11.8 Å². The van der Waals surface area contributed by atoms with Crippen molar-refractivity contribution in [2.75, 3.05) is 16.8 Å². The van der Waals surface area contributed by atoms with Crippen molar-refractivity contribution in [2.24, 2.45) is 5.92 Å². The Balaban J connectivity index is 1.23. The minimum absolute atomic E-state index is 0.224. The van der Waals surface area contributed by atoms with Gasteiger partial charge in [-0.2, -0.15) is 0 Å². The summed E-state index contributed by atoms with van der Waals surface area (Å²) in [6, 6.07) is 27.0. The van der Waals surface area contributed by atoms with Crippen molar-refractivity contribution in [3.05, 3.63) is 121 Å². The molecule has 0 bridgehead atoms. The number of ether oxygens (including phenoxy) is 1. The van der Waals surface area contributed by atoms with Gasteiger partial charge in [0.15, 0.2) is 0 Å². The highest BCUT2D eigenvalue weighted by atomic mass is 79.9. The molecule has 2 aliphatic heterocycles. The average molecular weight is 729 g/mol. The summed E-state index contributed by atoms with van der Waals surface area (Å²) in [5.41, 5.74) is 2.02. The number of hydrogen-bond acceptors (Lipinski definition) is 8. The molecular weight excluding hydrogens is 702 g/mol. The Morgan fingerprint density at radius 2 is 1.66 bits per heavy atom. The van der Waals surface area contributed by atoms with E-state index < -0.39 is 34.9 Å². The second kappa shape index (κ2) is 12.6. The van der Waals surface area contributed by atoms with E-state index in [-0.39, 0.29) is 23.9 Å². The van der Waals surface area contributed by atoms with Crippen LogP contribution in [-0.4, -0.2) is 40.1 Å². The van der Waals surface area contributed by atoms with Gasteiger partial charge in [-0.25, -0.2) is 9.69 Å². The molecule has 47 heavy (non-hydrogen) atoms. The van der Waals surface area contributed by atoms with Crippen LogP contribution >= 0.6 is 39.0 Å². The number of nitrogens with one attached hydrogen (secondary N) is 1. The molecule has 4 aromatic carbocycles. The maximum Gasteiger partial charge on any atom is 0.338 e. The fourth-order valence-corrected chi connectivity index (χ4v) is 9.33. The predicted octanol–water partition coefficient (Wildman–Crippen LogP) is 6.44. The molecule has 1 aromatic heterocycles. The number of rotatable bonds is 7. The standard InChI is InChI=1S/C35H26BrN3O6S2/c1-2-45-34(43)20-11-14-25(15-12-20)39-31(41)28-27(22-8-5-9-23(36)16-22)30-33(46-29(28)32(39)42)38(35(44)47-30)18-26(40)37-24-13-10-19-6-3-4-7-21(19)17-24/h3-17,27-29H,2,18H2,1H3,(H,37,40). The number of anilines is 2. The Morgan fingerprint density at radius 1 is 0.894 bits per heavy atom. The van der Waals surface area contributed by atoms with Crippen LogP contribution < -0.4 is 15.1 Å². The smallest absolute Gasteiger partial charge is 0.338 e. The van der Waals surface area contributed by atoms with E-state index in [2.05, 4.69) is 21.2 Å². The zero-order valence-electron chi connectivity index (χ0n) is 24.8. The maximum atomic E-state index is 14.2. The normalized spacial score (nSPS) is 18.6. The van der Waals surface area contributed by atoms with Gasteiger partial charge in [-0.15, -0.1) is 0 Å². The number of benzene rings is 4. The second-order valence-corrected chi connectivity index (χ2v) is 14.1. The number of imide groups is 1. The third-order valence-electron chi connectivity index (χ3n) is 8.23. The summed E-state index contributed by atoms with van der Waals surface area (Å²) in [5.74, 6) is -3.10. The van der Waals surface area contributed by atoms with Crippen LogP contribution in [0.15, 0.2) is 105 Å². The number of thioether (sulfide) groups is 1. The van der Waals surface area contributed by atoms with Gasteiger partial charge in [-0.3, -0.25) is 23.7 Å². The third kappa shape index (κ3) is 5.70. The largest absolute Gasteiger partial charge is 0.462 e. The quantitative estimate of drug-likeness (QED) is 0.152. The fourth-order valence-electron chi connectivity index (χ4n) is 6.14. The van der Waals surface area contributed by atoms with Gasteiger partial charge in [-0.1, -0.05) is 81.5 Å². The van der Waals surface area contributed by atoms with Gasteiger partial charge < -0.3 is 10.1 Å². The number of carbonyl (C=O) groups is 4. The van der Waals surface area contributed by atoms with Crippen molar-refractivity contribution < 1.29 is 23.9 Å². The van der Waals surface area contributed by atoms with Gasteiger partial charge in [0.25, 0.3) is 0 Å². The van der Waals surface area contributed by atoms with E-state index in [4.69, 9.17) is 4.74 Å². The van der Waals surface area contributed by atoms with Crippen LogP contribution in [0.2, 0.25) is 0 Å². The molecule has 0 radical (unpaired) electrons. The number of esters is 1. The van der Waals surface area contributed by atoms with Gasteiger partial charge in [-0.05, 0) is 71.8 Å². The summed E-state index contributed by atoms with van der Waals surface area (Å²) < 4.78 is 7.25. The molecule has 236 valence electrons. The third-order valence-corrected chi connectivity index (χ3v) is 11.3. The minimum Gasteiger partial charge on any atom is -0.462 e. The number of thiazole rings is 1. The molecule has 5 aromatic rings. The molecule has 0 saturated carbocycles. The molecule has 12 heteroatoms. The van der Waals surface area contributed by atoms with Gasteiger partial charge >= 0.3 is 10.8 Å². The summed E-state index contributed by atoms with van der Waals surface area (Å²) in [6.45, 7) is 1.68. The van der Waals surface area contributed by atoms with E-state index >= 15 is 0 Å². The molecule has 2 aliphatic rings. The molecule has 0 spiro atoms. The molecule has 1 N–H and O–H groups in total. The summed E-state index contributed by atoms with van der Waals surface area (Å²) >= 11 is 5.66. The number of nitrogens with zero attached hydrogens (tertiary/aromatic N) is 2. The summed E-state index contributed by atoms with van der Waals surface area (Å²) in [6.07, 6.45) is 0. The molecule has 3 unspecified atom stereocenters. The minimum atomic E-state index is -0.840. The predicted molar refractivity (Wildman–Crippen MR) is 185 cm³/mol. The number of hydrogen-bond donors (Lipinski definition) is 1. The highest BCUT2D eigenvalue weighted by Gasteiger charge is 2.56. The van der Waals surface area contributed by atoms with E-state index in [0.29, 0.717) is 26.8 Å². The number of fused-ring (bicyclic) bond motifs is 3. The fraction of sp³-hybridized carbons (Fsp3) is 0.171. The van der Waals surface area contributed by atoms with Crippen LogP contribution in [0.1, 0.15) is 33.6 Å². The highest BCUT2D eigenvalue weighted by molar-refractivity contribution is 9.10. The zero-order chi connectivity index (χ0) is 32.8. The number of amides is 3. The first-order chi connectivity index (χ1) is 22.7. The number of aromatic nitrogens is 1. The van der Waals surface area contributed by atoms with Crippen molar-refractivity contribution in [1.82, 2.24) is 4.57 Å². The van der Waals surface area contributed by atoms with Crippen LogP contribution in [0, 0.1) is 5.92 Å². The van der Waals surface area contributed by atoms with Crippen LogP contribution in [0.5, 0.6) is 0 Å². The lowest BCUT2D eigenvalue weighted by molar-refractivity contribution is -0.122. The lowest BCUT2D eigenvalue weighted by atomic mass is 9.83. The molecule has 1 fully saturated rings. The van der Waals surface area contributed by atoms with E-state index in [0.717, 1.165) is 48.8 Å².